The molecule has 0 atom stereocenters. The second-order valence-electron chi connectivity index (χ2n) is 13.6. The van der Waals surface area contributed by atoms with Crippen LogP contribution in [0.3, 0.4) is 0 Å². The highest BCUT2D eigenvalue weighted by Gasteiger charge is 2.19. The van der Waals surface area contributed by atoms with E-state index in [1.165, 1.54) is 21.9 Å². The molecule has 0 fully saturated rings. The van der Waals surface area contributed by atoms with Crippen LogP contribution in [0.5, 0.6) is 0 Å². The first-order valence-corrected chi connectivity index (χ1v) is 18.0. The van der Waals surface area contributed by atoms with Crippen molar-refractivity contribution in [2.45, 2.75) is 0 Å². The van der Waals surface area contributed by atoms with Crippen molar-refractivity contribution in [2.24, 2.45) is 0 Å². The Morgan fingerprint density at radius 2 is 0.889 bits per heavy atom. The molecule has 0 radical (unpaired) electrons. The van der Waals surface area contributed by atoms with Crippen molar-refractivity contribution in [1.29, 1.82) is 0 Å². The van der Waals surface area contributed by atoms with Crippen molar-refractivity contribution in [3.05, 3.63) is 176 Å². The Labute approximate surface area is 309 Å². The summed E-state index contributed by atoms with van der Waals surface area (Å²) in [5.41, 5.74) is 10.4. The molecule has 0 aliphatic heterocycles. The lowest BCUT2D eigenvalue weighted by Gasteiger charge is -2.13. The highest BCUT2D eigenvalue weighted by Crippen LogP contribution is 2.39. The molecular weight excluding hydrogens is 663 g/mol. The van der Waals surface area contributed by atoms with Gasteiger partial charge in [0.05, 0.1) is 0 Å². The lowest BCUT2D eigenvalue weighted by atomic mass is 9.92. The molecule has 0 aliphatic rings. The molecule has 0 spiro atoms. The van der Waals surface area contributed by atoms with Crippen LogP contribution in [0.25, 0.3) is 111 Å². The first kappa shape index (κ1) is 30.3. The van der Waals surface area contributed by atoms with Gasteiger partial charge in [-0.05, 0) is 81.6 Å². The number of benzene rings is 8. The first-order chi connectivity index (χ1) is 26.7. The van der Waals surface area contributed by atoms with Crippen molar-refractivity contribution in [3.63, 3.8) is 0 Å². The molecule has 3 aromatic heterocycles. The number of fused-ring (bicyclic) bond motifs is 7. The smallest absolute Gasteiger partial charge is 0.164 e. The quantitative estimate of drug-likeness (QED) is 0.180. The summed E-state index contributed by atoms with van der Waals surface area (Å²) in [6.07, 6.45) is 0. The SMILES string of the molecule is c1ccc(-c2cc(-c3cccc(-c4nc(-c5ccc6c(c5)oc5ccccc56)nc(-c5cccc6oc7ccccc7c56)n4)c3)c3ccccc3c2)cc1. The number of furan rings is 2. The molecule has 11 rings (SSSR count). The van der Waals surface area contributed by atoms with Crippen LogP contribution in [-0.4, -0.2) is 15.0 Å². The van der Waals surface area contributed by atoms with E-state index in [1.807, 2.05) is 54.6 Å². The van der Waals surface area contributed by atoms with Gasteiger partial charge in [-0.1, -0.05) is 127 Å². The molecule has 252 valence electrons. The molecule has 54 heavy (non-hydrogen) atoms. The summed E-state index contributed by atoms with van der Waals surface area (Å²) in [6.45, 7) is 0. The Kier molecular flexibility index (Phi) is 6.79. The van der Waals surface area contributed by atoms with Crippen molar-refractivity contribution in [3.8, 4) is 56.4 Å². The average molecular weight is 692 g/mol. The fraction of sp³-hybridized carbons (Fsp3) is 0. The van der Waals surface area contributed by atoms with E-state index in [9.17, 15) is 0 Å². The molecule has 0 saturated carbocycles. The molecule has 0 saturated heterocycles. The van der Waals surface area contributed by atoms with Crippen molar-refractivity contribution >= 4 is 54.6 Å². The van der Waals surface area contributed by atoms with Gasteiger partial charge in [0.2, 0.25) is 0 Å². The Bertz CT molecular complexity index is 3230. The molecule has 3 heterocycles. The lowest BCUT2D eigenvalue weighted by molar-refractivity contribution is 0.668. The maximum Gasteiger partial charge on any atom is 0.164 e. The molecule has 11 aromatic rings. The highest BCUT2D eigenvalue weighted by atomic mass is 16.3. The third kappa shape index (κ3) is 4.98. The lowest BCUT2D eigenvalue weighted by Crippen LogP contribution is -2.00. The first-order valence-electron chi connectivity index (χ1n) is 18.0. The highest BCUT2D eigenvalue weighted by molar-refractivity contribution is 6.12. The summed E-state index contributed by atoms with van der Waals surface area (Å²) in [6, 6.07) is 60.6. The van der Waals surface area contributed by atoms with E-state index in [0.29, 0.717) is 17.5 Å². The molecule has 8 aromatic carbocycles. The minimum atomic E-state index is 0.559. The Balaban J connectivity index is 1.13. The van der Waals surface area contributed by atoms with Gasteiger partial charge in [-0.2, -0.15) is 0 Å². The zero-order valence-electron chi connectivity index (χ0n) is 28.9. The Hall–Kier alpha value is -7.37. The molecule has 0 bridgehead atoms. The summed E-state index contributed by atoms with van der Waals surface area (Å²) in [5.74, 6) is 1.71. The van der Waals surface area contributed by atoms with Crippen molar-refractivity contribution in [1.82, 2.24) is 15.0 Å². The number of hydrogen-bond donors (Lipinski definition) is 0. The summed E-state index contributed by atoms with van der Waals surface area (Å²) >= 11 is 0. The molecule has 5 nitrogen and oxygen atoms in total. The normalized spacial score (nSPS) is 11.7. The van der Waals surface area contributed by atoms with E-state index in [-0.39, 0.29) is 0 Å². The standard InChI is InChI=1S/C49H29N3O2/c1-2-12-30(13-3-1)35-27-31-14-4-5-17-36(31)41(28-35)32-15-10-16-33(26-32)47-50-48(34-24-25-38-37-18-6-8-21-42(37)54-45(38)29-34)52-49(51-47)40-20-11-23-44-46(40)39-19-7-9-22-43(39)53-44/h1-29H. The Morgan fingerprint density at radius 3 is 1.74 bits per heavy atom. The maximum absolute atomic E-state index is 6.30. The second kappa shape index (κ2) is 12.1. The van der Waals surface area contributed by atoms with Crippen molar-refractivity contribution in [2.75, 3.05) is 0 Å². The van der Waals surface area contributed by atoms with Crippen LogP contribution in [0.2, 0.25) is 0 Å². The second-order valence-corrected chi connectivity index (χ2v) is 13.6. The van der Waals surface area contributed by atoms with Crippen LogP contribution < -0.4 is 0 Å². The van der Waals surface area contributed by atoms with Crippen molar-refractivity contribution < 1.29 is 8.83 Å². The van der Waals surface area contributed by atoms with Gasteiger partial charge in [0.1, 0.15) is 22.3 Å². The summed E-state index contributed by atoms with van der Waals surface area (Å²) < 4.78 is 12.6. The summed E-state index contributed by atoms with van der Waals surface area (Å²) in [7, 11) is 0. The third-order valence-corrected chi connectivity index (χ3v) is 10.3. The van der Waals surface area contributed by atoms with Gasteiger partial charge in [0.25, 0.3) is 0 Å². The monoisotopic (exact) mass is 691 g/mol. The molecular formula is C49H29N3O2. The van der Waals surface area contributed by atoms with Gasteiger partial charge in [-0.25, -0.2) is 15.0 Å². The zero-order valence-corrected chi connectivity index (χ0v) is 28.9. The largest absolute Gasteiger partial charge is 0.456 e. The van der Waals surface area contributed by atoms with Crippen LogP contribution in [-0.2, 0) is 0 Å². The fourth-order valence-corrected chi connectivity index (χ4v) is 7.75. The predicted molar refractivity (Wildman–Crippen MR) is 219 cm³/mol. The van der Waals surface area contributed by atoms with E-state index in [4.69, 9.17) is 23.8 Å². The van der Waals surface area contributed by atoms with Crippen LogP contribution >= 0.6 is 0 Å². The van der Waals surface area contributed by atoms with Gasteiger partial charge >= 0.3 is 0 Å². The molecule has 0 amide bonds. The molecule has 0 N–H and O–H groups in total. The zero-order chi connectivity index (χ0) is 35.6. The van der Waals surface area contributed by atoms with Crippen LogP contribution in [0.15, 0.2) is 185 Å². The molecule has 0 aliphatic carbocycles. The average Bonchev–Trinajstić information content (AvgIpc) is 3.82. The summed E-state index contributed by atoms with van der Waals surface area (Å²) in [5, 5.41) is 6.49. The maximum atomic E-state index is 6.30. The predicted octanol–water partition coefficient (Wildman–Crippen LogP) is 13.2. The minimum absolute atomic E-state index is 0.559. The van der Waals surface area contributed by atoms with Crippen LogP contribution in [0, 0.1) is 0 Å². The van der Waals surface area contributed by atoms with E-state index in [0.717, 1.165) is 71.7 Å². The topological polar surface area (TPSA) is 65.0 Å². The van der Waals surface area contributed by atoms with E-state index in [1.54, 1.807) is 0 Å². The van der Waals surface area contributed by atoms with E-state index in [2.05, 4.69) is 121 Å². The van der Waals surface area contributed by atoms with E-state index < -0.39 is 0 Å². The number of rotatable bonds is 5. The number of hydrogen-bond acceptors (Lipinski definition) is 5. The van der Waals surface area contributed by atoms with E-state index >= 15 is 0 Å². The number of para-hydroxylation sites is 2. The van der Waals surface area contributed by atoms with Gasteiger partial charge in [0, 0.05) is 38.2 Å². The van der Waals surface area contributed by atoms with Gasteiger partial charge < -0.3 is 8.83 Å². The fourth-order valence-electron chi connectivity index (χ4n) is 7.75. The van der Waals surface area contributed by atoms with Crippen LogP contribution in [0.4, 0.5) is 0 Å². The van der Waals surface area contributed by atoms with Gasteiger partial charge in [-0.15, -0.1) is 0 Å². The Morgan fingerprint density at radius 1 is 0.296 bits per heavy atom. The van der Waals surface area contributed by atoms with Gasteiger partial charge in [-0.3, -0.25) is 0 Å². The number of aromatic nitrogens is 3. The number of nitrogens with zero attached hydrogens (tertiary/aromatic N) is 3. The minimum Gasteiger partial charge on any atom is -0.456 e. The third-order valence-electron chi connectivity index (χ3n) is 10.3. The summed E-state index contributed by atoms with van der Waals surface area (Å²) in [4.78, 5) is 15.5. The van der Waals surface area contributed by atoms with Crippen LogP contribution in [0.1, 0.15) is 0 Å². The molecule has 5 heteroatoms. The van der Waals surface area contributed by atoms with Gasteiger partial charge in [0.15, 0.2) is 17.5 Å². The molecule has 0 unspecified atom stereocenters.